The van der Waals surface area contributed by atoms with Crippen LogP contribution in [0.5, 0.6) is 0 Å². The van der Waals surface area contributed by atoms with Crippen molar-refractivity contribution >= 4 is 29.0 Å². The highest BCUT2D eigenvalue weighted by atomic mass is 16.3. The monoisotopic (exact) mass is 363 g/mol. The molecule has 0 aliphatic heterocycles. The highest BCUT2D eigenvalue weighted by Gasteiger charge is 2.16. The zero-order valence-corrected chi connectivity index (χ0v) is 15.3. The van der Waals surface area contributed by atoms with Crippen molar-refractivity contribution in [2.75, 3.05) is 5.32 Å². The molecule has 0 fully saturated rings. The third-order valence-electron chi connectivity index (χ3n) is 4.21. The summed E-state index contributed by atoms with van der Waals surface area (Å²) >= 11 is 0. The molecular formula is C20H21N5O2. The van der Waals surface area contributed by atoms with Crippen LogP contribution < -0.4 is 5.32 Å². The third kappa shape index (κ3) is 3.62. The lowest BCUT2D eigenvalue weighted by Gasteiger charge is -2.07. The summed E-state index contributed by atoms with van der Waals surface area (Å²) in [5, 5.41) is 8.00. The smallest absolute Gasteiger partial charge is 0.156 e. The quantitative estimate of drug-likeness (QED) is 0.528. The molecule has 0 spiro atoms. The lowest BCUT2D eigenvalue weighted by molar-refractivity contribution is 0.518. The number of aromatic nitrogens is 4. The second-order valence-corrected chi connectivity index (χ2v) is 6.23. The van der Waals surface area contributed by atoms with Gasteiger partial charge in [-0.25, -0.2) is 9.97 Å². The van der Waals surface area contributed by atoms with Crippen LogP contribution in [0.25, 0.3) is 23.2 Å². The lowest BCUT2D eigenvalue weighted by atomic mass is 10.2. The van der Waals surface area contributed by atoms with Gasteiger partial charge in [-0.05, 0) is 42.8 Å². The number of rotatable bonds is 7. The first-order valence-corrected chi connectivity index (χ1v) is 8.96. The van der Waals surface area contributed by atoms with E-state index in [0.29, 0.717) is 12.4 Å². The van der Waals surface area contributed by atoms with Gasteiger partial charge in [0.1, 0.15) is 22.6 Å². The van der Waals surface area contributed by atoms with E-state index in [-0.39, 0.29) is 0 Å². The summed E-state index contributed by atoms with van der Waals surface area (Å²) < 4.78 is 12.6. The number of aryl methyl sites for hydroxylation is 2. The average molecular weight is 363 g/mol. The van der Waals surface area contributed by atoms with Gasteiger partial charge in [0.25, 0.3) is 0 Å². The van der Waals surface area contributed by atoms with Gasteiger partial charge in [0.05, 0.1) is 24.8 Å². The number of nitrogens with zero attached hydrogens (tertiary/aromatic N) is 4. The van der Waals surface area contributed by atoms with Crippen LogP contribution in [-0.4, -0.2) is 19.7 Å². The van der Waals surface area contributed by atoms with Gasteiger partial charge in [0, 0.05) is 7.05 Å². The molecule has 0 saturated carbocycles. The van der Waals surface area contributed by atoms with Crippen LogP contribution in [-0.2, 0) is 20.0 Å². The van der Waals surface area contributed by atoms with Crippen LogP contribution >= 0.6 is 0 Å². The zero-order chi connectivity index (χ0) is 18.6. The van der Waals surface area contributed by atoms with Crippen molar-refractivity contribution in [3.05, 3.63) is 59.8 Å². The molecule has 0 amide bonds. The number of anilines is 1. The number of hydrogen-bond donors (Lipinski definition) is 1. The Hall–Kier alpha value is -3.35. The predicted molar refractivity (Wildman–Crippen MR) is 104 cm³/mol. The maximum atomic E-state index is 5.41. The van der Waals surface area contributed by atoms with Crippen LogP contribution in [0.2, 0.25) is 0 Å². The fourth-order valence-corrected chi connectivity index (χ4v) is 2.99. The third-order valence-corrected chi connectivity index (χ3v) is 4.21. The van der Waals surface area contributed by atoms with Crippen LogP contribution in [0, 0.1) is 0 Å². The van der Waals surface area contributed by atoms with Gasteiger partial charge in [-0.2, -0.15) is 5.10 Å². The van der Waals surface area contributed by atoms with Crippen LogP contribution in [0.4, 0.5) is 5.82 Å². The summed E-state index contributed by atoms with van der Waals surface area (Å²) in [4.78, 5) is 9.41. The first-order chi connectivity index (χ1) is 13.2. The molecular weight excluding hydrogens is 342 g/mol. The molecule has 0 aliphatic carbocycles. The summed E-state index contributed by atoms with van der Waals surface area (Å²) in [6.45, 7) is 2.67. The molecule has 0 aromatic carbocycles. The predicted octanol–water partition coefficient (Wildman–Crippen LogP) is 4.28. The molecule has 0 unspecified atom stereocenters. The van der Waals surface area contributed by atoms with Crippen molar-refractivity contribution in [3.8, 4) is 0 Å². The van der Waals surface area contributed by atoms with Crippen molar-refractivity contribution in [1.29, 1.82) is 0 Å². The molecule has 138 valence electrons. The summed E-state index contributed by atoms with van der Waals surface area (Å²) in [6, 6.07) is 7.53. The Balaban J connectivity index is 1.75. The maximum Gasteiger partial charge on any atom is 0.156 e. The number of furan rings is 2. The normalized spacial score (nSPS) is 11.6. The van der Waals surface area contributed by atoms with Gasteiger partial charge < -0.3 is 14.2 Å². The number of nitrogens with one attached hydrogen (secondary N) is 1. The summed E-state index contributed by atoms with van der Waals surface area (Å²) in [7, 11) is 1.92. The van der Waals surface area contributed by atoms with E-state index in [4.69, 9.17) is 13.8 Å². The van der Waals surface area contributed by atoms with E-state index in [0.717, 1.165) is 46.9 Å². The molecule has 4 rings (SSSR count). The second-order valence-electron chi connectivity index (χ2n) is 6.23. The minimum atomic E-state index is 0.536. The Morgan fingerprint density at radius 1 is 1.11 bits per heavy atom. The molecule has 7 heteroatoms. The van der Waals surface area contributed by atoms with Gasteiger partial charge >= 0.3 is 0 Å². The molecule has 0 atom stereocenters. The van der Waals surface area contributed by atoms with E-state index in [1.807, 2.05) is 48.1 Å². The van der Waals surface area contributed by atoms with Crippen LogP contribution in [0.3, 0.4) is 0 Å². The first kappa shape index (κ1) is 17.1. The van der Waals surface area contributed by atoms with Gasteiger partial charge in [-0.1, -0.05) is 13.3 Å². The van der Waals surface area contributed by atoms with Crippen molar-refractivity contribution in [3.63, 3.8) is 0 Å². The standard InChI is InChI=1S/C20H21N5O2/c1-3-6-16-18-19(25(2)24-16)20(21-13-15-8-5-12-27-15)23-17(22-18)10-9-14-7-4-11-26-14/h4-5,7-12H,3,6,13H2,1-2H3,(H,21,22,23)/b10-9+. The Bertz CT molecular complexity index is 1050. The highest BCUT2D eigenvalue weighted by molar-refractivity contribution is 5.88. The molecule has 0 saturated heterocycles. The topological polar surface area (TPSA) is 81.9 Å². The summed E-state index contributed by atoms with van der Waals surface area (Å²) in [5.74, 6) is 2.92. The molecule has 4 aromatic heterocycles. The molecule has 27 heavy (non-hydrogen) atoms. The Kier molecular flexibility index (Phi) is 4.74. The minimum Gasteiger partial charge on any atom is -0.467 e. The summed E-state index contributed by atoms with van der Waals surface area (Å²) in [6.07, 6.45) is 8.87. The fourth-order valence-electron chi connectivity index (χ4n) is 2.99. The SMILES string of the molecule is CCCc1nn(C)c2c(NCc3ccco3)nc(/C=C/c3ccco3)nc12. The molecule has 1 N–H and O–H groups in total. The highest BCUT2D eigenvalue weighted by Crippen LogP contribution is 2.25. The fraction of sp³-hybridized carbons (Fsp3) is 0.250. The van der Waals surface area contributed by atoms with Crippen molar-refractivity contribution in [2.45, 2.75) is 26.3 Å². The maximum absolute atomic E-state index is 5.41. The van der Waals surface area contributed by atoms with Crippen molar-refractivity contribution < 1.29 is 8.83 Å². The van der Waals surface area contributed by atoms with E-state index in [2.05, 4.69) is 22.3 Å². The van der Waals surface area contributed by atoms with Crippen LogP contribution in [0.15, 0.2) is 45.6 Å². The molecule has 4 aromatic rings. The number of fused-ring (bicyclic) bond motifs is 1. The van der Waals surface area contributed by atoms with E-state index in [1.54, 1.807) is 12.5 Å². The number of hydrogen-bond acceptors (Lipinski definition) is 6. The summed E-state index contributed by atoms with van der Waals surface area (Å²) in [5.41, 5.74) is 2.74. The Morgan fingerprint density at radius 2 is 1.96 bits per heavy atom. The van der Waals surface area contributed by atoms with E-state index in [1.165, 1.54) is 0 Å². The van der Waals surface area contributed by atoms with Gasteiger partial charge in [-0.15, -0.1) is 0 Å². The molecule has 0 bridgehead atoms. The molecule has 4 heterocycles. The zero-order valence-electron chi connectivity index (χ0n) is 15.3. The second kappa shape index (κ2) is 7.49. The van der Waals surface area contributed by atoms with Gasteiger partial charge in [0.15, 0.2) is 11.6 Å². The van der Waals surface area contributed by atoms with Gasteiger partial charge in [-0.3, -0.25) is 4.68 Å². The minimum absolute atomic E-state index is 0.536. The largest absolute Gasteiger partial charge is 0.467 e. The van der Waals surface area contributed by atoms with E-state index in [9.17, 15) is 0 Å². The lowest BCUT2D eigenvalue weighted by Crippen LogP contribution is -2.05. The molecule has 0 radical (unpaired) electrons. The first-order valence-electron chi connectivity index (χ1n) is 8.96. The van der Waals surface area contributed by atoms with Gasteiger partial charge in [0.2, 0.25) is 0 Å². The van der Waals surface area contributed by atoms with Crippen molar-refractivity contribution in [2.24, 2.45) is 7.05 Å². The molecule has 0 aliphatic rings. The Labute approximate surface area is 156 Å². The molecule has 7 nitrogen and oxygen atoms in total. The van der Waals surface area contributed by atoms with E-state index >= 15 is 0 Å². The van der Waals surface area contributed by atoms with E-state index < -0.39 is 0 Å². The van der Waals surface area contributed by atoms with Crippen molar-refractivity contribution in [1.82, 2.24) is 19.7 Å². The Morgan fingerprint density at radius 3 is 2.70 bits per heavy atom. The van der Waals surface area contributed by atoms with Crippen LogP contribution in [0.1, 0.15) is 36.4 Å². The average Bonchev–Trinajstić information content (AvgIpc) is 3.41.